The molecule has 7 aromatic rings. The number of benzene rings is 7. The molecule has 0 spiro atoms. The lowest BCUT2D eigenvalue weighted by Crippen LogP contribution is -2.62. The zero-order chi connectivity index (χ0) is 46.6. The van der Waals surface area contributed by atoms with Gasteiger partial charge in [-0.3, -0.25) is 0 Å². The molecule has 0 aromatic heterocycles. The second-order valence-electron chi connectivity index (χ2n) is 24.2. The Kier molecular flexibility index (Phi) is 9.16. The van der Waals surface area contributed by atoms with E-state index in [9.17, 15) is 0 Å². The van der Waals surface area contributed by atoms with Crippen molar-refractivity contribution in [2.45, 2.75) is 137 Å². The molecule has 2 aliphatic carbocycles. The van der Waals surface area contributed by atoms with Gasteiger partial charge in [0.05, 0.1) is 0 Å². The van der Waals surface area contributed by atoms with Gasteiger partial charge in [-0.05, 0) is 162 Å². The maximum Gasteiger partial charge on any atom is 0.252 e. The van der Waals surface area contributed by atoms with Crippen LogP contribution in [0.3, 0.4) is 0 Å². The van der Waals surface area contributed by atoms with Crippen LogP contribution in [0.4, 0.5) is 34.1 Å². The summed E-state index contributed by atoms with van der Waals surface area (Å²) in [6.07, 6.45) is 2.34. The van der Waals surface area contributed by atoms with Gasteiger partial charge >= 0.3 is 0 Å². The minimum absolute atomic E-state index is 0.0107. The highest BCUT2D eigenvalue weighted by Gasteiger charge is 2.50. The van der Waals surface area contributed by atoms with E-state index in [2.05, 4.69) is 234 Å². The molecule has 66 heavy (non-hydrogen) atoms. The molecule has 7 aromatic carbocycles. The summed E-state index contributed by atoms with van der Waals surface area (Å²) in [5.41, 5.74) is 28.1. The Hall–Kier alpha value is -5.80. The fourth-order valence-electron chi connectivity index (χ4n) is 12.4. The van der Waals surface area contributed by atoms with Gasteiger partial charge in [-0.2, -0.15) is 0 Å². The minimum atomic E-state index is -0.248. The van der Waals surface area contributed by atoms with Crippen molar-refractivity contribution >= 4 is 57.2 Å². The maximum absolute atomic E-state index is 2.70. The van der Waals surface area contributed by atoms with Crippen molar-refractivity contribution in [2.75, 3.05) is 9.80 Å². The lowest BCUT2D eigenvalue weighted by Gasteiger charge is -2.48. The van der Waals surface area contributed by atoms with Crippen LogP contribution in [0.15, 0.2) is 127 Å². The van der Waals surface area contributed by atoms with Crippen LogP contribution in [0, 0.1) is 13.8 Å². The molecule has 0 saturated carbocycles. The van der Waals surface area contributed by atoms with Crippen molar-refractivity contribution in [2.24, 2.45) is 0 Å². The van der Waals surface area contributed by atoms with Gasteiger partial charge in [0.2, 0.25) is 0 Å². The number of rotatable bonds is 3. The van der Waals surface area contributed by atoms with E-state index in [0.29, 0.717) is 0 Å². The summed E-state index contributed by atoms with van der Waals surface area (Å²) < 4.78 is 0. The van der Waals surface area contributed by atoms with Gasteiger partial charge in [-0.25, -0.2) is 0 Å². The number of nitrogens with zero attached hydrogens (tertiary/aromatic N) is 2. The van der Waals surface area contributed by atoms with Gasteiger partial charge < -0.3 is 9.80 Å². The molecule has 2 aliphatic heterocycles. The standard InChI is InChI=1S/C63H67BN2/c1-38-20-18-19-23-51(38)66-55-34-41(40-21-16-15-17-22-40)33-54-57(55)64(49-28-26-44-45-35-43(60(6,7)8)24-27-46(45)63(13,14)56(44)58(49)66)50-36-47-48(62(11,12)31-30-61(47,9)10)37-53(50)65(54)52-29-25-42(32-39(52)2)59(3,4)5/h15-29,32-37H,30-31H2,1-14H3. The molecule has 0 radical (unpaired) electrons. The molecular formula is C63H67BN2. The second-order valence-corrected chi connectivity index (χ2v) is 24.2. The van der Waals surface area contributed by atoms with Crippen LogP contribution in [0.2, 0.25) is 0 Å². The van der Waals surface area contributed by atoms with E-state index in [0.717, 1.165) is 0 Å². The molecule has 3 heteroatoms. The van der Waals surface area contributed by atoms with E-state index in [1.54, 1.807) is 0 Å². The first-order valence-corrected chi connectivity index (χ1v) is 24.6. The van der Waals surface area contributed by atoms with Gasteiger partial charge in [-0.1, -0.05) is 180 Å². The summed E-state index contributed by atoms with van der Waals surface area (Å²) in [7, 11) is 0. The van der Waals surface area contributed by atoms with Gasteiger partial charge in [0, 0.05) is 39.5 Å². The minimum Gasteiger partial charge on any atom is -0.311 e. The summed E-state index contributed by atoms with van der Waals surface area (Å²) >= 11 is 0. The number of hydrogen-bond acceptors (Lipinski definition) is 2. The van der Waals surface area contributed by atoms with E-state index in [1.807, 2.05) is 0 Å². The first kappa shape index (κ1) is 42.8. The lowest BCUT2D eigenvalue weighted by molar-refractivity contribution is 0.332. The molecule has 0 N–H and O–H groups in total. The van der Waals surface area contributed by atoms with E-state index in [4.69, 9.17) is 0 Å². The zero-order valence-electron chi connectivity index (χ0n) is 42.0. The third-order valence-corrected chi connectivity index (χ3v) is 16.4. The molecule has 4 aliphatic rings. The third kappa shape index (κ3) is 6.20. The summed E-state index contributed by atoms with van der Waals surface area (Å²) in [6, 6.07) is 50.2. The molecular weight excluding hydrogens is 796 g/mol. The Morgan fingerprint density at radius 3 is 1.70 bits per heavy atom. The zero-order valence-corrected chi connectivity index (χ0v) is 42.0. The highest BCUT2D eigenvalue weighted by molar-refractivity contribution is 7.00. The van der Waals surface area contributed by atoms with E-state index < -0.39 is 0 Å². The second kappa shape index (κ2) is 14.1. The molecule has 2 nitrogen and oxygen atoms in total. The van der Waals surface area contributed by atoms with Crippen LogP contribution >= 0.6 is 0 Å². The average molecular weight is 863 g/mol. The fourth-order valence-corrected chi connectivity index (χ4v) is 12.4. The van der Waals surface area contributed by atoms with Gasteiger partial charge in [0.15, 0.2) is 0 Å². The summed E-state index contributed by atoms with van der Waals surface area (Å²) in [5.74, 6) is 0. The van der Waals surface area contributed by atoms with Crippen LogP contribution in [0.1, 0.15) is 140 Å². The summed E-state index contributed by atoms with van der Waals surface area (Å²) in [5, 5.41) is 0. The number of hydrogen-bond donors (Lipinski definition) is 0. The average Bonchev–Trinajstić information content (AvgIpc) is 3.50. The first-order chi connectivity index (χ1) is 31.1. The Balaban J connectivity index is 1.31. The summed E-state index contributed by atoms with van der Waals surface area (Å²) in [6.45, 7) is 33.5. The predicted molar refractivity (Wildman–Crippen MR) is 286 cm³/mol. The molecule has 0 amide bonds. The Morgan fingerprint density at radius 2 is 1.05 bits per heavy atom. The molecule has 11 rings (SSSR count). The van der Waals surface area contributed by atoms with Crippen molar-refractivity contribution in [1.29, 1.82) is 0 Å². The highest BCUT2D eigenvalue weighted by Crippen LogP contribution is 2.57. The molecule has 2 heterocycles. The van der Waals surface area contributed by atoms with E-state index in [-0.39, 0.29) is 33.8 Å². The maximum atomic E-state index is 2.70. The van der Waals surface area contributed by atoms with Crippen molar-refractivity contribution in [3.05, 3.63) is 172 Å². The van der Waals surface area contributed by atoms with Crippen molar-refractivity contribution in [3.63, 3.8) is 0 Å². The molecule has 332 valence electrons. The van der Waals surface area contributed by atoms with E-state index >= 15 is 0 Å². The molecule has 0 saturated heterocycles. The Morgan fingerprint density at radius 1 is 0.455 bits per heavy atom. The van der Waals surface area contributed by atoms with Crippen LogP contribution < -0.4 is 26.2 Å². The number of anilines is 6. The largest absolute Gasteiger partial charge is 0.311 e. The van der Waals surface area contributed by atoms with Crippen LogP contribution in [-0.4, -0.2) is 6.71 Å². The molecule has 0 bridgehead atoms. The Bertz CT molecular complexity index is 3170. The Labute approximate surface area is 396 Å². The first-order valence-electron chi connectivity index (χ1n) is 24.6. The fraction of sp³-hybridized carbons (Fsp3) is 0.333. The number of para-hydroxylation sites is 1. The highest BCUT2D eigenvalue weighted by atomic mass is 15.2. The lowest BCUT2D eigenvalue weighted by atomic mass is 9.32. The number of aryl methyl sites for hydroxylation is 2. The predicted octanol–water partition coefficient (Wildman–Crippen LogP) is 15.3. The molecule has 0 fully saturated rings. The number of fused-ring (bicyclic) bond motifs is 9. The molecule has 0 unspecified atom stereocenters. The van der Waals surface area contributed by atoms with Gasteiger partial charge in [0.25, 0.3) is 6.71 Å². The van der Waals surface area contributed by atoms with E-state index in [1.165, 1.54) is 130 Å². The van der Waals surface area contributed by atoms with Crippen LogP contribution in [-0.2, 0) is 27.1 Å². The third-order valence-electron chi connectivity index (χ3n) is 16.4. The van der Waals surface area contributed by atoms with Crippen molar-refractivity contribution < 1.29 is 0 Å². The van der Waals surface area contributed by atoms with Gasteiger partial charge in [0.1, 0.15) is 0 Å². The van der Waals surface area contributed by atoms with Crippen LogP contribution in [0.5, 0.6) is 0 Å². The van der Waals surface area contributed by atoms with Gasteiger partial charge in [-0.15, -0.1) is 0 Å². The monoisotopic (exact) mass is 863 g/mol. The SMILES string of the molecule is Cc1cc(C(C)(C)C)ccc1N1c2cc3c(cc2B2c4ccc5c(c4N(c4ccccc4C)c4cc(-c6ccccc6)cc1c42)C(C)(C)c1ccc(C(C)(C)C)cc1-5)C(C)(C)CCC3(C)C. The topological polar surface area (TPSA) is 6.48 Å². The van der Waals surface area contributed by atoms with Crippen LogP contribution in [0.25, 0.3) is 22.3 Å². The normalized spacial score (nSPS) is 17.1. The van der Waals surface area contributed by atoms with Crippen molar-refractivity contribution in [1.82, 2.24) is 0 Å². The summed E-state index contributed by atoms with van der Waals surface area (Å²) in [4.78, 5) is 5.38. The van der Waals surface area contributed by atoms with Crippen molar-refractivity contribution in [3.8, 4) is 22.3 Å². The smallest absolute Gasteiger partial charge is 0.252 e. The quantitative estimate of drug-likeness (QED) is 0.163. The molecule has 0 atom stereocenters.